The summed E-state index contributed by atoms with van der Waals surface area (Å²) in [4.78, 5) is 0. The monoisotopic (exact) mass is 180 g/mol. The van der Waals surface area contributed by atoms with E-state index in [1.54, 1.807) is 0 Å². The second-order valence-corrected chi connectivity index (χ2v) is 4.96. The van der Waals surface area contributed by atoms with Crippen molar-refractivity contribution < 1.29 is 17.9 Å². The lowest BCUT2D eigenvalue weighted by Gasteiger charge is -2.04. The molecule has 0 amide bonds. The highest BCUT2D eigenvalue weighted by molar-refractivity contribution is 7.90. The Hall–Kier alpha value is -0.130. The Kier molecular flexibility index (Phi) is 2.86. The molecule has 1 aliphatic heterocycles. The van der Waals surface area contributed by atoms with Crippen molar-refractivity contribution in [2.45, 2.75) is 12.5 Å². The van der Waals surface area contributed by atoms with E-state index in [1.807, 2.05) is 0 Å². The lowest BCUT2D eigenvalue weighted by atomic mass is 10.3. The maximum Gasteiger partial charge on any atom is 0.147 e. The molecule has 0 aromatic rings. The summed E-state index contributed by atoms with van der Waals surface area (Å²) in [6.45, 7) is 0.823. The zero-order valence-electron chi connectivity index (χ0n) is 6.45. The largest absolute Gasteiger partial charge is 0.353 e. The van der Waals surface area contributed by atoms with Crippen LogP contribution in [0, 0.1) is 0 Å². The third-order valence-corrected chi connectivity index (χ3v) is 2.48. The van der Waals surface area contributed by atoms with E-state index in [0.717, 1.165) is 0 Å². The smallest absolute Gasteiger partial charge is 0.147 e. The van der Waals surface area contributed by atoms with Gasteiger partial charge in [-0.2, -0.15) is 0 Å². The first-order valence-corrected chi connectivity index (χ1v) is 5.51. The van der Waals surface area contributed by atoms with Gasteiger partial charge in [0.25, 0.3) is 0 Å². The van der Waals surface area contributed by atoms with E-state index < -0.39 is 9.84 Å². The van der Waals surface area contributed by atoms with Gasteiger partial charge in [0, 0.05) is 6.26 Å². The molecule has 0 aromatic carbocycles. The van der Waals surface area contributed by atoms with E-state index in [-0.39, 0.29) is 11.9 Å². The first-order valence-electron chi connectivity index (χ1n) is 3.45. The van der Waals surface area contributed by atoms with Gasteiger partial charge in [-0.1, -0.05) is 0 Å². The second kappa shape index (κ2) is 3.51. The van der Waals surface area contributed by atoms with Gasteiger partial charge in [-0.15, -0.1) is 0 Å². The zero-order chi connectivity index (χ0) is 8.32. The highest BCUT2D eigenvalue weighted by atomic mass is 32.2. The van der Waals surface area contributed by atoms with Gasteiger partial charge < -0.3 is 9.47 Å². The average Bonchev–Trinajstić information content (AvgIpc) is 2.32. The number of hydrogen-bond donors (Lipinski definition) is 0. The van der Waals surface area contributed by atoms with Gasteiger partial charge in [-0.05, 0) is 6.42 Å². The van der Waals surface area contributed by atoms with Crippen LogP contribution in [0.5, 0.6) is 0 Å². The summed E-state index contributed by atoms with van der Waals surface area (Å²) in [6, 6.07) is 0. The van der Waals surface area contributed by atoms with Gasteiger partial charge in [0.15, 0.2) is 0 Å². The number of ether oxygens (including phenoxy) is 2. The maximum absolute atomic E-state index is 10.7. The fraction of sp³-hybridized carbons (Fsp3) is 1.00. The molecule has 1 saturated heterocycles. The van der Waals surface area contributed by atoms with Crippen LogP contribution in [-0.2, 0) is 19.3 Å². The van der Waals surface area contributed by atoms with Crippen molar-refractivity contribution in [1.29, 1.82) is 0 Å². The van der Waals surface area contributed by atoms with Crippen LogP contribution in [0.15, 0.2) is 0 Å². The molecule has 5 heteroatoms. The van der Waals surface area contributed by atoms with Crippen molar-refractivity contribution in [2.75, 3.05) is 25.4 Å². The average molecular weight is 180 g/mol. The van der Waals surface area contributed by atoms with Gasteiger partial charge in [-0.25, -0.2) is 8.42 Å². The van der Waals surface area contributed by atoms with Gasteiger partial charge in [-0.3, -0.25) is 0 Å². The molecule has 1 rings (SSSR count). The summed E-state index contributed by atoms with van der Waals surface area (Å²) in [7, 11) is -2.85. The van der Waals surface area contributed by atoms with Crippen LogP contribution >= 0.6 is 0 Å². The van der Waals surface area contributed by atoms with Gasteiger partial charge in [0.1, 0.15) is 16.6 Å². The lowest BCUT2D eigenvalue weighted by Crippen LogP contribution is -2.15. The SMILES string of the molecule is CS(=O)(=O)CCC1COCO1. The summed E-state index contributed by atoms with van der Waals surface area (Å²) in [5.74, 6) is 0.182. The summed E-state index contributed by atoms with van der Waals surface area (Å²) in [5.41, 5.74) is 0. The van der Waals surface area contributed by atoms with Gasteiger partial charge in [0.05, 0.1) is 18.5 Å². The Morgan fingerprint density at radius 3 is 2.73 bits per heavy atom. The molecule has 66 valence electrons. The second-order valence-electron chi connectivity index (χ2n) is 2.70. The molecule has 1 aliphatic rings. The Balaban J connectivity index is 2.22. The standard InChI is InChI=1S/C6H12O4S/c1-11(7,8)3-2-6-4-9-5-10-6/h6H,2-5H2,1H3. The molecule has 11 heavy (non-hydrogen) atoms. The minimum atomic E-state index is -2.85. The van der Waals surface area contributed by atoms with E-state index >= 15 is 0 Å². The first kappa shape index (κ1) is 8.96. The van der Waals surface area contributed by atoms with Crippen molar-refractivity contribution in [2.24, 2.45) is 0 Å². The predicted molar refractivity (Wildman–Crippen MR) is 40.0 cm³/mol. The predicted octanol–water partition coefficient (Wildman–Crippen LogP) is -0.206. The maximum atomic E-state index is 10.7. The molecular weight excluding hydrogens is 168 g/mol. The van der Waals surface area contributed by atoms with E-state index in [9.17, 15) is 8.42 Å². The molecule has 0 N–H and O–H groups in total. The Labute approximate surface area is 66.4 Å². The minimum Gasteiger partial charge on any atom is -0.353 e. The fourth-order valence-corrected chi connectivity index (χ4v) is 1.58. The lowest BCUT2D eigenvalue weighted by molar-refractivity contribution is 0.0462. The van der Waals surface area contributed by atoms with Gasteiger partial charge >= 0.3 is 0 Å². The minimum absolute atomic E-state index is 0.0234. The van der Waals surface area contributed by atoms with Crippen LogP contribution in [0.3, 0.4) is 0 Å². The van der Waals surface area contributed by atoms with Gasteiger partial charge in [0.2, 0.25) is 0 Å². The van der Waals surface area contributed by atoms with Crippen molar-refractivity contribution in [3.63, 3.8) is 0 Å². The molecule has 4 nitrogen and oxygen atoms in total. The summed E-state index contributed by atoms with van der Waals surface area (Å²) >= 11 is 0. The molecule has 1 unspecified atom stereocenters. The molecular formula is C6H12O4S. The normalized spacial score (nSPS) is 25.7. The van der Waals surface area contributed by atoms with Crippen LogP contribution in [0.1, 0.15) is 6.42 Å². The molecule has 0 bridgehead atoms. The van der Waals surface area contributed by atoms with E-state index in [0.29, 0.717) is 19.8 Å². The summed E-state index contributed by atoms with van der Waals surface area (Å²) < 4.78 is 31.4. The van der Waals surface area contributed by atoms with Crippen LogP contribution in [0.4, 0.5) is 0 Å². The summed E-state index contributed by atoms with van der Waals surface area (Å²) in [5, 5.41) is 0. The van der Waals surface area contributed by atoms with E-state index in [2.05, 4.69) is 0 Å². The topological polar surface area (TPSA) is 52.6 Å². The number of hydrogen-bond acceptors (Lipinski definition) is 4. The van der Waals surface area contributed by atoms with Crippen LogP contribution in [0.2, 0.25) is 0 Å². The Morgan fingerprint density at radius 2 is 2.27 bits per heavy atom. The van der Waals surface area contributed by atoms with Crippen LogP contribution in [-0.4, -0.2) is 39.9 Å². The molecule has 0 saturated carbocycles. The molecule has 0 spiro atoms. The molecule has 0 radical (unpaired) electrons. The van der Waals surface area contributed by atoms with Crippen LogP contribution in [0.25, 0.3) is 0 Å². The number of sulfone groups is 1. The Morgan fingerprint density at radius 1 is 1.55 bits per heavy atom. The molecule has 0 aliphatic carbocycles. The van der Waals surface area contributed by atoms with E-state index in [1.165, 1.54) is 6.26 Å². The molecule has 1 heterocycles. The third-order valence-electron chi connectivity index (χ3n) is 1.50. The van der Waals surface area contributed by atoms with Crippen LogP contribution < -0.4 is 0 Å². The third kappa shape index (κ3) is 3.69. The molecule has 0 aromatic heterocycles. The van der Waals surface area contributed by atoms with Crippen molar-refractivity contribution in [3.8, 4) is 0 Å². The number of rotatable bonds is 3. The fourth-order valence-electron chi connectivity index (χ4n) is 0.884. The Bertz CT molecular complexity index is 203. The summed E-state index contributed by atoms with van der Waals surface area (Å²) in [6.07, 6.45) is 1.74. The van der Waals surface area contributed by atoms with E-state index in [4.69, 9.17) is 9.47 Å². The van der Waals surface area contributed by atoms with Crippen molar-refractivity contribution in [1.82, 2.24) is 0 Å². The first-order chi connectivity index (χ1) is 5.08. The molecule has 1 atom stereocenters. The van der Waals surface area contributed by atoms with Crippen molar-refractivity contribution >= 4 is 9.84 Å². The molecule has 1 fully saturated rings. The zero-order valence-corrected chi connectivity index (χ0v) is 7.26. The highest BCUT2D eigenvalue weighted by Crippen LogP contribution is 2.07. The highest BCUT2D eigenvalue weighted by Gasteiger charge is 2.17. The van der Waals surface area contributed by atoms with Crippen molar-refractivity contribution in [3.05, 3.63) is 0 Å². The quantitative estimate of drug-likeness (QED) is 0.603.